The molecule has 0 bridgehead atoms. The molecule has 0 unspecified atom stereocenters. The fraction of sp³-hybridized carbons (Fsp3) is 0.545. The number of amides is 1. The molecular weight excluding hydrogens is 388 g/mol. The summed E-state index contributed by atoms with van der Waals surface area (Å²) in [5, 5.41) is 3.28. The van der Waals surface area contributed by atoms with Gasteiger partial charge in [0, 0.05) is 35.6 Å². The molecule has 2 heterocycles. The van der Waals surface area contributed by atoms with E-state index in [1.807, 2.05) is 32.6 Å². The Labute approximate surface area is 176 Å². The lowest BCUT2D eigenvalue weighted by Crippen LogP contribution is -2.38. The number of carbonyl (C=O) groups excluding carboxylic acids is 1. The Morgan fingerprint density at radius 3 is 2.14 bits per heavy atom. The number of aryl methyl sites for hydroxylation is 1. The molecule has 3 rings (SSSR count). The summed E-state index contributed by atoms with van der Waals surface area (Å²) in [5.41, 5.74) is 1.65. The fourth-order valence-corrected chi connectivity index (χ4v) is 4.55. The quantitative estimate of drug-likeness (QED) is 0.624. The van der Waals surface area contributed by atoms with Crippen molar-refractivity contribution in [2.24, 2.45) is 0 Å². The molecule has 0 spiro atoms. The van der Waals surface area contributed by atoms with Gasteiger partial charge in [-0.3, -0.25) is 4.79 Å². The summed E-state index contributed by atoms with van der Waals surface area (Å²) < 4.78 is 17.2. The molecule has 2 aromatic rings. The molecule has 1 aromatic carbocycles. The second-order valence-corrected chi connectivity index (χ2v) is 7.88. The number of piperidine rings is 1. The number of rotatable bonds is 8. The van der Waals surface area contributed by atoms with Crippen molar-refractivity contribution in [1.82, 2.24) is 9.88 Å². The van der Waals surface area contributed by atoms with Crippen LogP contribution >= 0.6 is 11.3 Å². The van der Waals surface area contributed by atoms with Crippen LogP contribution in [0.3, 0.4) is 0 Å². The third-order valence-corrected chi connectivity index (χ3v) is 6.05. The molecule has 158 valence electrons. The van der Waals surface area contributed by atoms with Gasteiger partial charge in [-0.25, -0.2) is 4.98 Å². The predicted octanol–water partition coefficient (Wildman–Crippen LogP) is 4.67. The Hall–Kier alpha value is -2.28. The standard InChI is InChI=1S/C22H30N2O4S/c1-5-26-18-12-17(13-19(27-6-2)20(18)28-7-3)22(25)24-10-8-16(9-11-24)21-23-15(4)14-29-21/h12-14,16H,5-11H2,1-4H3. The van der Waals surface area contributed by atoms with Crippen LogP contribution in [0.15, 0.2) is 17.5 Å². The minimum Gasteiger partial charge on any atom is -0.490 e. The molecule has 1 aliphatic heterocycles. The maximum Gasteiger partial charge on any atom is 0.254 e. The van der Waals surface area contributed by atoms with Crippen molar-refractivity contribution in [1.29, 1.82) is 0 Å². The molecule has 1 aromatic heterocycles. The highest BCUT2D eigenvalue weighted by atomic mass is 32.1. The molecule has 7 heteroatoms. The predicted molar refractivity (Wildman–Crippen MR) is 115 cm³/mol. The maximum absolute atomic E-state index is 13.2. The van der Waals surface area contributed by atoms with Crippen molar-refractivity contribution < 1.29 is 19.0 Å². The largest absolute Gasteiger partial charge is 0.490 e. The van der Waals surface area contributed by atoms with Gasteiger partial charge in [0.15, 0.2) is 11.5 Å². The third-order valence-electron chi connectivity index (χ3n) is 4.92. The van der Waals surface area contributed by atoms with Crippen LogP contribution in [0.1, 0.15) is 60.6 Å². The highest BCUT2D eigenvalue weighted by molar-refractivity contribution is 7.09. The minimum atomic E-state index is 0.00345. The fourth-order valence-electron chi connectivity index (χ4n) is 3.58. The molecule has 1 fully saturated rings. The molecule has 1 amide bonds. The second-order valence-electron chi connectivity index (χ2n) is 6.99. The van der Waals surface area contributed by atoms with E-state index in [4.69, 9.17) is 14.2 Å². The highest BCUT2D eigenvalue weighted by Crippen LogP contribution is 2.40. The molecule has 0 atom stereocenters. The summed E-state index contributed by atoms with van der Waals surface area (Å²) in [6.45, 7) is 10.7. The number of hydrogen-bond donors (Lipinski definition) is 0. The molecule has 0 radical (unpaired) electrons. The summed E-state index contributed by atoms with van der Waals surface area (Å²) in [5.74, 6) is 2.11. The van der Waals surface area contributed by atoms with Gasteiger partial charge in [0.2, 0.25) is 5.75 Å². The number of thiazole rings is 1. The minimum absolute atomic E-state index is 0.00345. The number of ether oxygens (including phenoxy) is 3. The summed E-state index contributed by atoms with van der Waals surface area (Å²) in [6.07, 6.45) is 1.87. The first-order valence-electron chi connectivity index (χ1n) is 10.3. The van der Waals surface area contributed by atoms with E-state index in [1.165, 1.54) is 5.01 Å². The Kier molecular flexibility index (Phi) is 7.36. The van der Waals surface area contributed by atoms with Gasteiger partial charge in [-0.2, -0.15) is 0 Å². The van der Waals surface area contributed by atoms with E-state index in [9.17, 15) is 4.79 Å². The zero-order chi connectivity index (χ0) is 20.8. The lowest BCUT2D eigenvalue weighted by atomic mass is 9.97. The molecule has 0 aliphatic carbocycles. The Morgan fingerprint density at radius 1 is 1.07 bits per heavy atom. The van der Waals surface area contributed by atoms with Crippen molar-refractivity contribution in [2.45, 2.75) is 46.5 Å². The normalized spacial score (nSPS) is 14.7. The van der Waals surface area contributed by atoms with Gasteiger partial charge >= 0.3 is 0 Å². The van der Waals surface area contributed by atoms with E-state index >= 15 is 0 Å². The van der Waals surface area contributed by atoms with Crippen LogP contribution in [0.25, 0.3) is 0 Å². The van der Waals surface area contributed by atoms with Crippen molar-refractivity contribution in [3.05, 3.63) is 33.8 Å². The van der Waals surface area contributed by atoms with Gasteiger partial charge in [0.1, 0.15) is 0 Å². The average molecular weight is 419 g/mol. The third kappa shape index (κ3) is 5.01. The van der Waals surface area contributed by atoms with Crippen molar-refractivity contribution >= 4 is 17.2 Å². The molecule has 29 heavy (non-hydrogen) atoms. The monoisotopic (exact) mass is 418 g/mol. The zero-order valence-corrected chi connectivity index (χ0v) is 18.5. The summed E-state index contributed by atoms with van der Waals surface area (Å²) in [6, 6.07) is 3.55. The van der Waals surface area contributed by atoms with E-state index in [0.717, 1.165) is 31.6 Å². The van der Waals surface area contributed by atoms with E-state index in [1.54, 1.807) is 23.5 Å². The summed E-state index contributed by atoms with van der Waals surface area (Å²) in [4.78, 5) is 19.7. The molecule has 0 N–H and O–H groups in total. The van der Waals surface area contributed by atoms with Crippen LogP contribution in [0.2, 0.25) is 0 Å². The Morgan fingerprint density at radius 2 is 1.66 bits per heavy atom. The van der Waals surface area contributed by atoms with E-state index in [-0.39, 0.29) is 5.91 Å². The lowest BCUT2D eigenvalue weighted by molar-refractivity contribution is 0.0711. The first-order valence-corrected chi connectivity index (χ1v) is 11.2. The molecular formula is C22H30N2O4S. The van der Waals surface area contributed by atoms with E-state index in [0.29, 0.717) is 48.6 Å². The van der Waals surface area contributed by atoms with Gasteiger partial charge in [-0.15, -0.1) is 11.3 Å². The van der Waals surface area contributed by atoms with Crippen LogP contribution in [0, 0.1) is 6.92 Å². The van der Waals surface area contributed by atoms with Gasteiger partial charge in [0.05, 0.1) is 24.8 Å². The Balaban J connectivity index is 1.77. The zero-order valence-electron chi connectivity index (χ0n) is 17.7. The Bertz CT molecular complexity index is 801. The van der Waals surface area contributed by atoms with Crippen molar-refractivity contribution in [3.8, 4) is 17.2 Å². The molecule has 6 nitrogen and oxygen atoms in total. The van der Waals surface area contributed by atoms with Crippen LogP contribution in [0.4, 0.5) is 0 Å². The molecule has 1 saturated heterocycles. The number of carbonyl (C=O) groups is 1. The van der Waals surface area contributed by atoms with E-state index in [2.05, 4.69) is 10.4 Å². The number of benzene rings is 1. The number of aromatic nitrogens is 1. The van der Waals surface area contributed by atoms with Crippen LogP contribution < -0.4 is 14.2 Å². The first kappa shape index (κ1) is 21.4. The lowest BCUT2D eigenvalue weighted by Gasteiger charge is -2.31. The van der Waals surface area contributed by atoms with Gasteiger partial charge in [-0.1, -0.05) is 0 Å². The van der Waals surface area contributed by atoms with Crippen molar-refractivity contribution in [2.75, 3.05) is 32.9 Å². The van der Waals surface area contributed by atoms with Gasteiger partial charge < -0.3 is 19.1 Å². The molecule has 0 saturated carbocycles. The number of hydrogen-bond acceptors (Lipinski definition) is 6. The van der Waals surface area contributed by atoms with Gasteiger partial charge in [-0.05, 0) is 52.7 Å². The van der Waals surface area contributed by atoms with E-state index < -0.39 is 0 Å². The smallest absolute Gasteiger partial charge is 0.254 e. The van der Waals surface area contributed by atoms with Crippen LogP contribution in [-0.2, 0) is 0 Å². The van der Waals surface area contributed by atoms with Gasteiger partial charge in [0.25, 0.3) is 5.91 Å². The molecule has 1 aliphatic rings. The SMILES string of the molecule is CCOc1cc(C(=O)N2CCC(c3nc(C)cs3)CC2)cc(OCC)c1OCC. The number of nitrogens with zero attached hydrogens (tertiary/aromatic N) is 2. The maximum atomic E-state index is 13.2. The summed E-state index contributed by atoms with van der Waals surface area (Å²) in [7, 11) is 0. The first-order chi connectivity index (χ1) is 14.1. The van der Waals surface area contributed by atoms with Crippen LogP contribution in [0.5, 0.6) is 17.2 Å². The summed E-state index contributed by atoms with van der Waals surface area (Å²) >= 11 is 1.72. The van der Waals surface area contributed by atoms with Crippen molar-refractivity contribution in [3.63, 3.8) is 0 Å². The number of likely N-dealkylation sites (tertiary alicyclic amines) is 1. The highest BCUT2D eigenvalue weighted by Gasteiger charge is 2.27. The van der Waals surface area contributed by atoms with Crippen LogP contribution in [-0.4, -0.2) is 48.7 Å². The topological polar surface area (TPSA) is 60.9 Å². The second kappa shape index (κ2) is 9.96. The average Bonchev–Trinajstić information content (AvgIpc) is 3.16.